The highest BCUT2D eigenvalue weighted by molar-refractivity contribution is 6.38. The molecule has 0 bridgehead atoms. The van der Waals surface area contributed by atoms with E-state index in [0.717, 1.165) is 49.7 Å². The lowest BCUT2D eigenvalue weighted by molar-refractivity contribution is -0.156. The van der Waals surface area contributed by atoms with Gasteiger partial charge in [-0.25, -0.2) is 4.79 Å². The zero-order chi connectivity index (χ0) is 69.6. The molecule has 2 N–H and O–H groups in total. The van der Waals surface area contributed by atoms with E-state index in [1.807, 2.05) is 125 Å². The number of likely N-dealkylation sites (N-methyl/N-ethyl adjacent to an activating group) is 2. The number of aromatic nitrogens is 1. The minimum absolute atomic E-state index is 0.0288. The van der Waals surface area contributed by atoms with Gasteiger partial charge in [-0.2, -0.15) is 0 Å². The number of esters is 1. The molecule has 0 saturated heterocycles. The van der Waals surface area contributed by atoms with Gasteiger partial charge in [0.15, 0.2) is 0 Å². The Morgan fingerprint density at radius 3 is 1.41 bits per heavy atom. The number of nitrogens with one attached hydrogen (secondary N) is 1. The summed E-state index contributed by atoms with van der Waals surface area (Å²) in [5.74, 6) is -1.89. The van der Waals surface area contributed by atoms with Crippen molar-refractivity contribution in [1.29, 1.82) is 0 Å². The van der Waals surface area contributed by atoms with E-state index in [1.54, 1.807) is 48.5 Å². The maximum atomic E-state index is 13.4. The fourth-order valence-electron chi connectivity index (χ4n) is 13.2. The second-order valence-electron chi connectivity index (χ2n) is 25.4. The predicted molar refractivity (Wildman–Crippen MR) is 383 cm³/mol. The molecule has 0 fully saturated rings. The predicted octanol–water partition coefficient (Wildman–Crippen LogP) is 14.6. The van der Waals surface area contributed by atoms with Gasteiger partial charge in [-0.3, -0.25) is 48.3 Å². The number of rotatable bonds is 23. The molecule has 0 radical (unpaired) electrons. The van der Waals surface area contributed by atoms with Crippen LogP contribution >= 0.6 is 11.6 Å². The monoisotopic (exact) mass is 1330 g/mol. The summed E-state index contributed by atoms with van der Waals surface area (Å²) in [7, 11) is 3.75. The van der Waals surface area contributed by atoms with Crippen molar-refractivity contribution in [3.63, 3.8) is 0 Å². The molecule has 502 valence electrons. The molecule has 12 rings (SSSR count). The summed E-state index contributed by atoms with van der Waals surface area (Å²) in [6.07, 6.45) is 2.49. The third-order valence-electron chi connectivity index (χ3n) is 18.4. The van der Waals surface area contributed by atoms with Crippen molar-refractivity contribution in [1.82, 2.24) is 24.6 Å². The van der Waals surface area contributed by atoms with Crippen LogP contribution < -0.4 is 15.1 Å². The number of amides is 7. The van der Waals surface area contributed by atoms with Crippen LogP contribution in [0.5, 0.6) is 0 Å². The standard InChI is InChI=1S/C41H46N4O6.C20H22N2O3.C17H14ClNO2/c1-6-22-44-37(46)31-16-12-15-30-33(20-19-32(36(30)31)38(44)47)43(5)23-25-51-40(49)42-21-24-50-39(48)41(4,7-2)26-27(3)45-34-17-10-8-13-28(34)29-14-9-11-18-35(29)45;1-13(2)9-10-22-19(24)15-6-4-5-14-17(21(3)11-12-23)8-7-16(18(14)15)20(22)25;1-10(2)8-9-19-16(20)12-5-3-4-11-14(18)7-6-13(15(11)12)17(19)21/h8-20,27H,6-7,21-26H2,1-5H3,(H,42,49);4-8,23H,1,9-12H2,2-3H3;3-7H,1,8-9H2,2H3. The number of carbonyl (C=O) groups is 8. The van der Waals surface area contributed by atoms with E-state index in [4.69, 9.17) is 21.1 Å². The third kappa shape index (κ3) is 14.0. The zero-order valence-corrected chi connectivity index (χ0v) is 57.0. The minimum atomic E-state index is -0.714. The van der Waals surface area contributed by atoms with Crippen LogP contribution in [-0.2, 0) is 14.3 Å². The summed E-state index contributed by atoms with van der Waals surface area (Å²) >= 11 is 6.17. The van der Waals surface area contributed by atoms with E-state index in [1.165, 1.54) is 25.5 Å². The van der Waals surface area contributed by atoms with Gasteiger partial charge in [-0.1, -0.05) is 109 Å². The molecular formula is C78H82ClN7O11. The van der Waals surface area contributed by atoms with Crippen LogP contribution in [-0.4, -0.2) is 145 Å². The molecule has 0 spiro atoms. The number of anilines is 2. The molecule has 4 heterocycles. The number of aliphatic hydroxyl groups is 1. The number of ether oxygens (including phenoxy) is 2. The Balaban J connectivity index is 0.000000183. The maximum absolute atomic E-state index is 13.4. The number of aliphatic hydroxyl groups excluding tert-OH is 1. The molecule has 2 unspecified atom stereocenters. The van der Waals surface area contributed by atoms with Crippen LogP contribution in [0.1, 0.15) is 142 Å². The Labute approximate surface area is 569 Å². The van der Waals surface area contributed by atoms with Gasteiger partial charge in [0.05, 0.1) is 25.1 Å². The van der Waals surface area contributed by atoms with Crippen LogP contribution in [0.25, 0.3) is 54.1 Å². The number of alkyl carbamates (subject to hydrolysis) is 1. The van der Waals surface area contributed by atoms with Crippen molar-refractivity contribution >= 4 is 125 Å². The topological polar surface area (TPSA) is 208 Å². The van der Waals surface area contributed by atoms with Crippen molar-refractivity contribution in [2.24, 2.45) is 5.41 Å². The second-order valence-corrected chi connectivity index (χ2v) is 25.8. The summed E-state index contributed by atoms with van der Waals surface area (Å²) in [4.78, 5) is 111. The Morgan fingerprint density at radius 1 is 0.546 bits per heavy atom. The first-order chi connectivity index (χ1) is 46.5. The molecule has 0 aliphatic carbocycles. The number of hydrogen-bond acceptors (Lipinski definition) is 13. The van der Waals surface area contributed by atoms with E-state index in [-0.39, 0.29) is 73.8 Å². The van der Waals surface area contributed by atoms with Gasteiger partial charge < -0.3 is 34.3 Å². The van der Waals surface area contributed by atoms with Crippen LogP contribution in [0.2, 0.25) is 5.02 Å². The lowest BCUT2D eigenvalue weighted by Gasteiger charge is -2.30. The number of para-hydroxylation sites is 2. The van der Waals surface area contributed by atoms with Crippen molar-refractivity contribution in [2.75, 3.05) is 83.0 Å². The molecule has 1 aromatic heterocycles. The van der Waals surface area contributed by atoms with Crippen LogP contribution in [0, 0.1) is 5.41 Å². The molecule has 2 atom stereocenters. The van der Waals surface area contributed by atoms with Gasteiger partial charge in [0.1, 0.15) is 13.2 Å². The summed E-state index contributed by atoms with van der Waals surface area (Å²) < 4.78 is 13.4. The number of carbonyl (C=O) groups excluding carboxylic acids is 8. The summed E-state index contributed by atoms with van der Waals surface area (Å²) in [6, 6.07) is 43.7. The van der Waals surface area contributed by atoms with E-state index in [9.17, 15) is 43.5 Å². The Bertz CT molecular complexity index is 4530. The molecule has 0 saturated carbocycles. The van der Waals surface area contributed by atoms with E-state index >= 15 is 0 Å². The average molecular weight is 1330 g/mol. The number of benzene rings is 8. The number of imide groups is 3. The smallest absolute Gasteiger partial charge is 0.407 e. The van der Waals surface area contributed by atoms with Crippen molar-refractivity contribution < 1.29 is 52.9 Å². The highest BCUT2D eigenvalue weighted by Gasteiger charge is 2.38. The van der Waals surface area contributed by atoms with Gasteiger partial charge in [0, 0.05) is 150 Å². The van der Waals surface area contributed by atoms with Crippen LogP contribution in [0.15, 0.2) is 164 Å². The van der Waals surface area contributed by atoms with E-state index < -0.39 is 11.5 Å². The highest BCUT2D eigenvalue weighted by atomic mass is 35.5. The Morgan fingerprint density at radius 2 is 0.959 bits per heavy atom. The minimum Gasteiger partial charge on any atom is -0.463 e. The second kappa shape index (κ2) is 29.9. The molecule has 19 heteroatoms. The third-order valence-corrected chi connectivity index (χ3v) is 18.8. The molecule has 8 aromatic carbocycles. The molecule has 97 heavy (non-hydrogen) atoms. The largest absolute Gasteiger partial charge is 0.463 e. The normalized spacial score (nSPS) is 14.1. The average Bonchev–Trinajstić information content (AvgIpc) is 1.37. The Kier molecular flexibility index (Phi) is 21.4. The number of nitrogens with zero attached hydrogens (tertiary/aromatic N) is 6. The Hall–Kier alpha value is -10.2. The summed E-state index contributed by atoms with van der Waals surface area (Å²) in [5.41, 5.74) is 8.35. The number of hydrogen-bond donors (Lipinski definition) is 2. The SMILES string of the molecule is C=C(C)CCN1C(=O)c2cccc3c(Cl)ccc(c23)C1=O.C=C(C)CCN1C(=O)c2cccc3c(N(C)CCO)ccc(c23)C1=O.CCCN1C(=O)c2cccc3c(N(C)CCOC(=O)NCCOC(=O)C(C)(CC)CC(C)n4c5ccccc5c5ccccc54)ccc(c23)C1=O. The molecule has 3 aliphatic rings. The van der Waals surface area contributed by atoms with Crippen molar-refractivity contribution in [2.45, 2.75) is 79.7 Å². The molecule has 18 nitrogen and oxygen atoms in total. The maximum Gasteiger partial charge on any atom is 0.407 e. The first-order valence-corrected chi connectivity index (χ1v) is 33.2. The molecule has 7 amide bonds. The highest BCUT2D eigenvalue weighted by Crippen LogP contribution is 2.41. The molecule has 9 aromatic rings. The van der Waals surface area contributed by atoms with Gasteiger partial charge in [0.2, 0.25) is 0 Å². The quantitative estimate of drug-likeness (QED) is 0.0265. The fourth-order valence-corrected chi connectivity index (χ4v) is 13.4. The number of halogens is 1. The van der Waals surface area contributed by atoms with Crippen molar-refractivity contribution in [3.05, 3.63) is 202 Å². The molecule has 3 aliphatic heterocycles. The first kappa shape index (κ1) is 69.7. The lowest BCUT2D eigenvalue weighted by atomic mass is 9.81. The first-order valence-electron chi connectivity index (χ1n) is 32.8. The fraction of sp³-hybridized carbons (Fsp3) is 0.308. The van der Waals surface area contributed by atoms with Gasteiger partial charge in [0.25, 0.3) is 35.4 Å². The van der Waals surface area contributed by atoms with Crippen LogP contribution in [0.3, 0.4) is 0 Å². The van der Waals surface area contributed by atoms with E-state index in [2.05, 4.69) is 54.2 Å². The zero-order valence-electron chi connectivity index (χ0n) is 56.3. The van der Waals surface area contributed by atoms with Crippen LogP contribution in [0.4, 0.5) is 16.2 Å². The molecular weight excluding hydrogens is 1250 g/mol. The summed E-state index contributed by atoms with van der Waals surface area (Å²) in [6.45, 7) is 21.7. The lowest BCUT2D eigenvalue weighted by Crippen LogP contribution is -2.41. The van der Waals surface area contributed by atoms with E-state index in [0.29, 0.717) is 119 Å². The van der Waals surface area contributed by atoms with Gasteiger partial charge in [-0.15, -0.1) is 13.2 Å². The summed E-state index contributed by atoms with van der Waals surface area (Å²) in [5, 5.41) is 19.2. The number of fused-ring (bicyclic) bond motifs is 3. The van der Waals surface area contributed by atoms with Gasteiger partial charge >= 0.3 is 12.1 Å². The van der Waals surface area contributed by atoms with Crippen molar-refractivity contribution in [3.8, 4) is 0 Å². The van der Waals surface area contributed by atoms with Gasteiger partial charge in [-0.05, 0) is 127 Å².